The Morgan fingerprint density at radius 2 is 1.75 bits per heavy atom. The first-order valence-corrected chi connectivity index (χ1v) is 6.29. The van der Waals surface area contributed by atoms with Crippen LogP contribution in [0.5, 0.6) is 0 Å². The fourth-order valence-corrected chi connectivity index (χ4v) is 2.28. The normalized spacial score (nSPS) is 10.4. The van der Waals surface area contributed by atoms with E-state index >= 15 is 0 Å². The Kier molecular flexibility index (Phi) is 3.94. The minimum absolute atomic E-state index is 0.175. The minimum atomic E-state index is -0.660. The number of hydrogen-bond donors (Lipinski definition) is 2. The smallest absolute Gasteiger partial charge is 0.128 e. The molecule has 0 amide bonds. The molecule has 3 nitrogen and oxygen atoms in total. The summed E-state index contributed by atoms with van der Waals surface area (Å²) in [5.41, 5.74) is 8.52. The third kappa shape index (κ3) is 3.08. The quantitative estimate of drug-likeness (QED) is 0.852. The second-order valence-electron chi connectivity index (χ2n) is 4.42. The molecule has 20 heavy (non-hydrogen) atoms. The predicted molar refractivity (Wildman–Crippen MR) is 79.2 cm³/mol. The van der Waals surface area contributed by atoms with Crippen LogP contribution in [0.1, 0.15) is 17.0 Å². The molecule has 3 N–H and O–H groups in total. The molecule has 0 fully saturated rings. The average Bonchev–Trinajstić information content (AvgIpc) is 2.25. The average molecular weight is 293 g/mol. The monoisotopic (exact) mass is 293 g/mol. The molecule has 1 heterocycles. The van der Waals surface area contributed by atoms with Crippen LogP contribution < -0.4 is 11.1 Å². The fourth-order valence-electron chi connectivity index (χ4n) is 2.02. The Morgan fingerprint density at radius 1 is 1.15 bits per heavy atom. The second kappa shape index (κ2) is 5.50. The Labute approximate surface area is 120 Å². The summed E-state index contributed by atoms with van der Waals surface area (Å²) in [6, 6.07) is 4.92. The van der Waals surface area contributed by atoms with E-state index in [4.69, 9.17) is 18.0 Å². The minimum Gasteiger partial charge on any atom is -0.389 e. The van der Waals surface area contributed by atoms with Gasteiger partial charge in [0, 0.05) is 23.1 Å². The van der Waals surface area contributed by atoms with E-state index in [2.05, 4.69) is 10.3 Å². The van der Waals surface area contributed by atoms with Gasteiger partial charge in [0.1, 0.15) is 16.6 Å². The molecule has 0 unspecified atom stereocenters. The number of nitrogens with one attached hydrogen (secondary N) is 1. The SMILES string of the molecule is Cc1cc(Nc2cc(F)cc(F)c2)c(C(N)=S)c(C)n1. The molecule has 0 atom stereocenters. The molecule has 2 aromatic rings. The van der Waals surface area contributed by atoms with Crippen LogP contribution in [-0.2, 0) is 0 Å². The molecule has 0 saturated carbocycles. The van der Waals surface area contributed by atoms with Gasteiger partial charge in [-0.2, -0.15) is 0 Å². The molecular weight excluding hydrogens is 280 g/mol. The van der Waals surface area contributed by atoms with Crippen molar-refractivity contribution in [2.24, 2.45) is 5.73 Å². The Balaban J connectivity index is 2.49. The van der Waals surface area contributed by atoms with Crippen molar-refractivity contribution in [1.82, 2.24) is 4.98 Å². The summed E-state index contributed by atoms with van der Waals surface area (Å²) in [7, 11) is 0. The van der Waals surface area contributed by atoms with E-state index in [-0.39, 0.29) is 10.7 Å². The number of anilines is 2. The molecule has 6 heteroatoms. The van der Waals surface area contributed by atoms with Gasteiger partial charge in [0.2, 0.25) is 0 Å². The Bertz CT molecular complexity index is 666. The molecule has 0 radical (unpaired) electrons. The maximum atomic E-state index is 13.2. The molecular formula is C14H13F2N3S. The van der Waals surface area contributed by atoms with Gasteiger partial charge in [-0.3, -0.25) is 4.98 Å². The lowest BCUT2D eigenvalue weighted by Crippen LogP contribution is -2.15. The maximum absolute atomic E-state index is 13.2. The Morgan fingerprint density at radius 3 is 2.30 bits per heavy atom. The van der Waals surface area contributed by atoms with E-state index in [1.54, 1.807) is 13.0 Å². The third-order valence-electron chi connectivity index (χ3n) is 2.72. The van der Waals surface area contributed by atoms with Crippen molar-refractivity contribution in [3.63, 3.8) is 0 Å². The molecule has 0 aliphatic heterocycles. The molecule has 2 rings (SSSR count). The number of hydrogen-bond acceptors (Lipinski definition) is 3. The van der Waals surface area contributed by atoms with Crippen LogP contribution in [0.25, 0.3) is 0 Å². The lowest BCUT2D eigenvalue weighted by molar-refractivity contribution is 0.584. The second-order valence-corrected chi connectivity index (χ2v) is 4.86. The molecule has 0 aliphatic carbocycles. The van der Waals surface area contributed by atoms with Crippen LogP contribution in [0.2, 0.25) is 0 Å². The summed E-state index contributed by atoms with van der Waals surface area (Å²) in [5.74, 6) is -1.32. The highest BCUT2D eigenvalue weighted by atomic mass is 32.1. The van der Waals surface area contributed by atoms with Crippen LogP contribution in [0, 0.1) is 25.5 Å². The summed E-state index contributed by atoms with van der Waals surface area (Å²) in [6.45, 7) is 3.59. The first kappa shape index (κ1) is 14.3. The number of pyridine rings is 1. The standard InChI is InChI=1S/C14H13F2N3S/c1-7-3-12(13(14(17)20)8(2)18-7)19-11-5-9(15)4-10(16)6-11/h3-6H,1-2H3,(H2,17,20)(H,18,19). The van der Waals surface area contributed by atoms with Crippen LogP contribution >= 0.6 is 12.2 Å². The zero-order valence-electron chi connectivity index (χ0n) is 11.0. The fraction of sp³-hybridized carbons (Fsp3) is 0.143. The number of aromatic nitrogens is 1. The summed E-state index contributed by atoms with van der Waals surface area (Å²) in [5, 5.41) is 2.93. The number of rotatable bonds is 3. The molecule has 104 valence electrons. The van der Waals surface area contributed by atoms with Gasteiger partial charge in [-0.15, -0.1) is 0 Å². The summed E-state index contributed by atoms with van der Waals surface area (Å²) in [4.78, 5) is 4.45. The van der Waals surface area contributed by atoms with Gasteiger partial charge in [-0.25, -0.2) is 8.78 Å². The van der Waals surface area contributed by atoms with E-state index < -0.39 is 11.6 Å². The molecule has 1 aromatic heterocycles. The first-order chi connectivity index (χ1) is 9.36. The van der Waals surface area contributed by atoms with Crippen molar-refractivity contribution in [2.45, 2.75) is 13.8 Å². The van der Waals surface area contributed by atoms with Gasteiger partial charge in [-0.05, 0) is 32.0 Å². The highest BCUT2D eigenvalue weighted by Gasteiger charge is 2.12. The van der Waals surface area contributed by atoms with Crippen molar-refractivity contribution < 1.29 is 8.78 Å². The number of thiocarbonyl (C=S) groups is 1. The van der Waals surface area contributed by atoms with Crippen molar-refractivity contribution >= 4 is 28.6 Å². The van der Waals surface area contributed by atoms with Gasteiger partial charge in [-0.1, -0.05) is 12.2 Å². The van der Waals surface area contributed by atoms with E-state index in [9.17, 15) is 8.78 Å². The van der Waals surface area contributed by atoms with E-state index in [1.807, 2.05) is 6.92 Å². The van der Waals surface area contributed by atoms with Gasteiger partial charge in [0.05, 0.1) is 11.3 Å². The topological polar surface area (TPSA) is 50.9 Å². The highest BCUT2D eigenvalue weighted by molar-refractivity contribution is 7.80. The summed E-state index contributed by atoms with van der Waals surface area (Å²) in [6.07, 6.45) is 0. The lowest BCUT2D eigenvalue weighted by Gasteiger charge is -2.14. The number of benzene rings is 1. The van der Waals surface area contributed by atoms with Crippen LogP contribution in [0.15, 0.2) is 24.3 Å². The summed E-state index contributed by atoms with van der Waals surface area (Å²) >= 11 is 5.00. The predicted octanol–water partition coefficient (Wildman–Crippen LogP) is 3.35. The van der Waals surface area contributed by atoms with Crippen LogP contribution in [0.3, 0.4) is 0 Å². The van der Waals surface area contributed by atoms with Gasteiger partial charge >= 0.3 is 0 Å². The number of nitrogens with two attached hydrogens (primary N) is 1. The molecule has 0 spiro atoms. The van der Waals surface area contributed by atoms with Gasteiger partial charge in [0.15, 0.2) is 0 Å². The molecule has 0 saturated heterocycles. The molecule has 0 aliphatic rings. The summed E-state index contributed by atoms with van der Waals surface area (Å²) < 4.78 is 26.4. The third-order valence-corrected chi connectivity index (χ3v) is 2.92. The van der Waals surface area contributed by atoms with E-state index in [0.29, 0.717) is 16.9 Å². The van der Waals surface area contributed by atoms with Crippen molar-refractivity contribution in [3.05, 3.63) is 52.9 Å². The number of halogens is 2. The van der Waals surface area contributed by atoms with E-state index in [1.165, 1.54) is 12.1 Å². The maximum Gasteiger partial charge on any atom is 0.128 e. The van der Waals surface area contributed by atoms with Crippen LogP contribution in [0.4, 0.5) is 20.2 Å². The first-order valence-electron chi connectivity index (χ1n) is 5.88. The van der Waals surface area contributed by atoms with Crippen molar-refractivity contribution in [1.29, 1.82) is 0 Å². The Hall–Kier alpha value is -2.08. The lowest BCUT2D eigenvalue weighted by atomic mass is 10.1. The zero-order valence-corrected chi connectivity index (χ0v) is 11.8. The highest BCUT2D eigenvalue weighted by Crippen LogP contribution is 2.25. The molecule has 0 bridgehead atoms. The number of nitrogens with zero attached hydrogens (tertiary/aromatic N) is 1. The van der Waals surface area contributed by atoms with Crippen LogP contribution in [-0.4, -0.2) is 9.97 Å². The zero-order chi connectivity index (χ0) is 14.9. The van der Waals surface area contributed by atoms with Crippen molar-refractivity contribution in [2.75, 3.05) is 5.32 Å². The van der Waals surface area contributed by atoms with Crippen molar-refractivity contribution in [3.8, 4) is 0 Å². The van der Waals surface area contributed by atoms with E-state index in [0.717, 1.165) is 11.8 Å². The largest absolute Gasteiger partial charge is 0.389 e. The number of aryl methyl sites for hydroxylation is 2. The molecule has 1 aromatic carbocycles. The van der Waals surface area contributed by atoms with Gasteiger partial charge < -0.3 is 11.1 Å². The van der Waals surface area contributed by atoms with Gasteiger partial charge in [0.25, 0.3) is 0 Å².